The van der Waals surface area contributed by atoms with Gasteiger partial charge in [-0.25, -0.2) is 0 Å². The van der Waals surface area contributed by atoms with Gasteiger partial charge in [-0.1, -0.05) is 16.8 Å². The van der Waals surface area contributed by atoms with Crippen molar-refractivity contribution in [1.82, 2.24) is 15.5 Å². The van der Waals surface area contributed by atoms with Crippen LogP contribution in [0.2, 0.25) is 5.02 Å². The van der Waals surface area contributed by atoms with E-state index in [0.717, 1.165) is 10.5 Å². The molecule has 0 saturated heterocycles. The van der Waals surface area contributed by atoms with Gasteiger partial charge < -0.3 is 14.7 Å². The van der Waals surface area contributed by atoms with Gasteiger partial charge in [0.2, 0.25) is 5.82 Å². The summed E-state index contributed by atoms with van der Waals surface area (Å²) in [5, 5.41) is 7.47. The third-order valence-corrected chi connectivity index (χ3v) is 3.19. The van der Waals surface area contributed by atoms with Crippen molar-refractivity contribution in [1.29, 1.82) is 0 Å². The first kappa shape index (κ1) is 16.5. The number of nitrogens with one attached hydrogen (secondary N) is 2. The molecule has 2 rings (SSSR count). The molecule has 2 aromatic rings. The Morgan fingerprint density at radius 1 is 1.36 bits per heavy atom. The zero-order valence-corrected chi connectivity index (χ0v) is 13.6. The predicted octanol–water partition coefficient (Wildman–Crippen LogP) is 0.929. The molecule has 6 nitrogen and oxygen atoms in total. The fraction of sp³-hybridized carbons (Fsp3) is 0.400. The topological polar surface area (TPSA) is 72.5 Å². The third kappa shape index (κ3) is 4.82. The van der Waals surface area contributed by atoms with Crippen molar-refractivity contribution in [3.05, 3.63) is 35.2 Å². The summed E-state index contributed by atoms with van der Waals surface area (Å²) in [5.74, 6) is 1.02. The van der Waals surface area contributed by atoms with Gasteiger partial charge in [-0.15, -0.1) is 0 Å². The van der Waals surface area contributed by atoms with Crippen molar-refractivity contribution in [2.75, 3.05) is 13.6 Å². The number of rotatable bonds is 6. The summed E-state index contributed by atoms with van der Waals surface area (Å²) >= 11 is 5.85. The van der Waals surface area contributed by atoms with Gasteiger partial charge in [-0.3, -0.25) is 4.79 Å². The summed E-state index contributed by atoms with van der Waals surface area (Å²) in [6, 6.07) is 7.37. The second-order valence-corrected chi connectivity index (χ2v) is 5.99. The van der Waals surface area contributed by atoms with Crippen molar-refractivity contribution in [3.63, 3.8) is 0 Å². The van der Waals surface area contributed by atoms with Crippen molar-refractivity contribution in [2.45, 2.75) is 26.4 Å². The first-order chi connectivity index (χ1) is 10.4. The maximum absolute atomic E-state index is 11.7. The number of halogens is 1. The Kier molecular flexibility index (Phi) is 5.51. The van der Waals surface area contributed by atoms with Gasteiger partial charge >= 0.3 is 0 Å². The molecule has 22 heavy (non-hydrogen) atoms. The van der Waals surface area contributed by atoms with E-state index in [1.807, 2.05) is 33.0 Å². The zero-order chi connectivity index (χ0) is 16.1. The van der Waals surface area contributed by atoms with Crippen LogP contribution in [0.25, 0.3) is 11.4 Å². The van der Waals surface area contributed by atoms with E-state index in [-0.39, 0.29) is 11.9 Å². The van der Waals surface area contributed by atoms with Crippen LogP contribution in [0.15, 0.2) is 28.8 Å². The van der Waals surface area contributed by atoms with E-state index in [4.69, 9.17) is 16.1 Å². The molecule has 1 amide bonds. The van der Waals surface area contributed by atoms with E-state index < -0.39 is 0 Å². The average molecular weight is 324 g/mol. The van der Waals surface area contributed by atoms with Gasteiger partial charge in [0.1, 0.15) is 0 Å². The number of nitrogens with zero attached hydrogens (tertiary/aromatic N) is 2. The number of amides is 1. The first-order valence-corrected chi connectivity index (χ1v) is 7.51. The van der Waals surface area contributed by atoms with Crippen LogP contribution in [-0.4, -0.2) is 35.7 Å². The Labute approximate surface area is 134 Å². The van der Waals surface area contributed by atoms with Crippen molar-refractivity contribution in [2.24, 2.45) is 0 Å². The number of hydrogen-bond acceptors (Lipinski definition) is 4. The van der Waals surface area contributed by atoms with Crippen LogP contribution < -0.4 is 10.2 Å². The lowest BCUT2D eigenvalue weighted by atomic mass is 10.2. The number of carbonyl (C=O) groups excluding carboxylic acids is 1. The number of benzene rings is 1. The molecule has 0 aliphatic carbocycles. The number of hydrogen-bond donors (Lipinski definition) is 2. The highest BCUT2D eigenvalue weighted by molar-refractivity contribution is 6.30. The monoisotopic (exact) mass is 323 g/mol. The highest BCUT2D eigenvalue weighted by atomic mass is 35.5. The Morgan fingerprint density at radius 2 is 2.05 bits per heavy atom. The van der Waals surface area contributed by atoms with Crippen LogP contribution in [0, 0.1) is 0 Å². The highest BCUT2D eigenvalue weighted by Gasteiger charge is 2.16. The molecule has 1 aromatic carbocycles. The lowest BCUT2D eigenvalue weighted by Gasteiger charge is -2.13. The minimum atomic E-state index is 0.00457. The van der Waals surface area contributed by atoms with Crippen LogP contribution in [0.1, 0.15) is 19.7 Å². The molecule has 1 heterocycles. The molecule has 0 fully saturated rings. The summed E-state index contributed by atoms with van der Waals surface area (Å²) in [5.41, 5.74) is 0.842. The molecule has 0 saturated carbocycles. The molecule has 0 aliphatic rings. The molecule has 1 atom stereocenters. The van der Waals surface area contributed by atoms with E-state index >= 15 is 0 Å². The van der Waals surface area contributed by atoms with E-state index in [1.54, 1.807) is 12.1 Å². The molecule has 1 aromatic heterocycles. The van der Waals surface area contributed by atoms with E-state index in [0.29, 0.717) is 29.8 Å². The first-order valence-electron chi connectivity index (χ1n) is 7.13. The normalized spacial score (nSPS) is 12.4. The Hall–Kier alpha value is -1.92. The third-order valence-electron chi connectivity index (χ3n) is 2.94. The van der Waals surface area contributed by atoms with Gasteiger partial charge in [-0.05, 0) is 38.1 Å². The molecule has 0 spiro atoms. The molecule has 118 valence electrons. The number of aromatic nitrogens is 2. The molecular weight excluding hydrogens is 304 g/mol. The minimum Gasteiger partial charge on any atom is -0.349 e. The van der Waals surface area contributed by atoms with Crippen LogP contribution in [-0.2, 0) is 11.3 Å². The van der Waals surface area contributed by atoms with Crippen LogP contribution >= 0.6 is 11.6 Å². The molecule has 7 heteroatoms. The Bertz CT molecular complexity index is 625. The van der Waals surface area contributed by atoms with E-state index in [2.05, 4.69) is 15.5 Å². The summed E-state index contributed by atoms with van der Waals surface area (Å²) in [6.07, 6.45) is 0. The zero-order valence-electron chi connectivity index (χ0n) is 12.9. The molecule has 0 radical (unpaired) electrons. The predicted molar refractivity (Wildman–Crippen MR) is 83.5 cm³/mol. The number of quaternary nitrogens is 1. The van der Waals surface area contributed by atoms with E-state index in [9.17, 15) is 4.79 Å². The van der Waals surface area contributed by atoms with Crippen molar-refractivity contribution >= 4 is 17.5 Å². The lowest BCUT2D eigenvalue weighted by molar-refractivity contribution is -0.886. The Balaban J connectivity index is 1.94. The minimum absolute atomic E-state index is 0.00457. The van der Waals surface area contributed by atoms with Crippen molar-refractivity contribution in [3.8, 4) is 11.4 Å². The maximum atomic E-state index is 11.7. The van der Waals surface area contributed by atoms with Crippen molar-refractivity contribution < 1.29 is 14.2 Å². The average Bonchev–Trinajstić information content (AvgIpc) is 2.86. The fourth-order valence-corrected chi connectivity index (χ4v) is 2.14. The van der Waals surface area contributed by atoms with Crippen LogP contribution in [0.5, 0.6) is 0 Å². The highest BCUT2D eigenvalue weighted by Crippen LogP contribution is 2.18. The maximum Gasteiger partial charge on any atom is 0.282 e. The summed E-state index contributed by atoms with van der Waals surface area (Å²) in [4.78, 5) is 17.0. The smallest absolute Gasteiger partial charge is 0.282 e. The summed E-state index contributed by atoms with van der Waals surface area (Å²) in [7, 11) is 1.91. The van der Waals surface area contributed by atoms with Crippen LogP contribution in [0.4, 0.5) is 0 Å². The summed E-state index contributed by atoms with van der Waals surface area (Å²) in [6.45, 7) is 4.72. The Morgan fingerprint density at radius 3 is 2.68 bits per heavy atom. The summed E-state index contributed by atoms with van der Waals surface area (Å²) < 4.78 is 5.24. The lowest BCUT2D eigenvalue weighted by Crippen LogP contribution is -3.09. The SMILES string of the molecule is CC(C)NC(=O)C[NH+](C)Cc1nc(-c2ccc(Cl)cc2)no1. The molecule has 1 unspecified atom stereocenters. The van der Waals surface area contributed by atoms with Gasteiger partial charge in [0.15, 0.2) is 13.1 Å². The number of carbonyl (C=O) groups is 1. The largest absolute Gasteiger partial charge is 0.349 e. The quantitative estimate of drug-likeness (QED) is 0.829. The standard InChI is InChI=1S/C15H19ClN4O2/c1-10(2)17-13(21)8-20(3)9-14-18-15(19-22-14)11-4-6-12(16)7-5-11/h4-7,10H,8-9H2,1-3H3,(H,17,21)/p+1. The molecule has 0 bridgehead atoms. The second kappa shape index (κ2) is 7.38. The van der Waals surface area contributed by atoms with Gasteiger partial charge in [0.25, 0.3) is 11.8 Å². The molecule has 0 aliphatic heterocycles. The molecular formula is C15H20ClN4O2+. The van der Waals surface area contributed by atoms with Gasteiger partial charge in [0, 0.05) is 16.6 Å². The van der Waals surface area contributed by atoms with Gasteiger partial charge in [0.05, 0.1) is 7.05 Å². The second-order valence-electron chi connectivity index (χ2n) is 5.55. The number of likely N-dealkylation sites (N-methyl/N-ethyl adjacent to an activating group) is 1. The van der Waals surface area contributed by atoms with Crippen LogP contribution in [0.3, 0.4) is 0 Å². The fourth-order valence-electron chi connectivity index (χ4n) is 2.01. The molecule has 2 N–H and O–H groups in total. The van der Waals surface area contributed by atoms with Gasteiger partial charge in [-0.2, -0.15) is 4.98 Å². The van der Waals surface area contributed by atoms with E-state index in [1.165, 1.54) is 0 Å².